The molecule has 2 aromatic heterocycles. The molecule has 1 aromatic carbocycles. The van der Waals surface area contributed by atoms with Crippen LogP contribution in [-0.4, -0.2) is 65.6 Å². The van der Waals surface area contributed by atoms with E-state index in [-0.39, 0.29) is 12.5 Å². The summed E-state index contributed by atoms with van der Waals surface area (Å²) in [6.45, 7) is 7.78. The predicted molar refractivity (Wildman–Crippen MR) is 122 cm³/mol. The van der Waals surface area contributed by atoms with Gasteiger partial charge in [-0.2, -0.15) is 0 Å². The third-order valence-corrected chi connectivity index (χ3v) is 5.37. The molecule has 4 rings (SSSR count). The number of nitrogens with zero attached hydrogens (tertiary/aromatic N) is 5. The number of amides is 1. The maximum absolute atomic E-state index is 12.3. The number of ether oxygens (including phenoxy) is 1. The molecule has 1 saturated heterocycles. The van der Waals surface area contributed by atoms with E-state index in [0.717, 1.165) is 55.3 Å². The Morgan fingerprint density at radius 2 is 1.81 bits per heavy atom. The van der Waals surface area contributed by atoms with Crippen molar-refractivity contribution in [2.75, 3.05) is 50.1 Å². The number of hydrogen-bond donors (Lipinski definition) is 1. The fraction of sp³-hybridized carbons (Fsp3) is 0.391. The van der Waals surface area contributed by atoms with Crippen molar-refractivity contribution in [3.63, 3.8) is 0 Å². The number of hydrogen-bond acceptors (Lipinski definition) is 7. The third kappa shape index (κ3) is 5.27. The summed E-state index contributed by atoms with van der Waals surface area (Å²) in [6, 6.07) is 11.2. The molecule has 0 aliphatic carbocycles. The van der Waals surface area contributed by atoms with Gasteiger partial charge in [0.15, 0.2) is 6.61 Å². The summed E-state index contributed by atoms with van der Waals surface area (Å²) in [4.78, 5) is 30.8. The van der Waals surface area contributed by atoms with Gasteiger partial charge in [-0.15, -0.1) is 0 Å². The molecule has 1 amide bonds. The first-order valence-corrected chi connectivity index (χ1v) is 10.6. The van der Waals surface area contributed by atoms with E-state index in [1.165, 1.54) is 0 Å². The number of fused-ring (bicyclic) bond motifs is 1. The molecule has 0 atom stereocenters. The van der Waals surface area contributed by atoms with E-state index >= 15 is 0 Å². The highest BCUT2D eigenvalue weighted by molar-refractivity contribution is 5.92. The van der Waals surface area contributed by atoms with Crippen LogP contribution in [-0.2, 0) is 4.79 Å². The SMILES string of the molecule is Cc1ccc(OCC(=O)Nc2ccc3nc(N4CCCN(C)CC4)nc(C)c3n2)cc1. The molecule has 162 valence electrons. The Hall–Kier alpha value is -3.26. The monoisotopic (exact) mass is 420 g/mol. The molecule has 1 aliphatic rings. The Bertz CT molecular complexity index is 1070. The molecular weight excluding hydrogens is 392 g/mol. The lowest BCUT2D eigenvalue weighted by molar-refractivity contribution is -0.118. The molecule has 1 N–H and O–H groups in total. The second kappa shape index (κ2) is 9.26. The number of benzene rings is 1. The van der Waals surface area contributed by atoms with Crippen LogP contribution in [0.2, 0.25) is 0 Å². The number of aryl methyl sites for hydroxylation is 2. The van der Waals surface area contributed by atoms with Crippen LogP contribution < -0.4 is 15.0 Å². The van der Waals surface area contributed by atoms with Gasteiger partial charge in [0, 0.05) is 19.6 Å². The van der Waals surface area contributed by atoms with Gasteiger partial charge < -0.3 is 19.9 Å². The van der Waals surface area contributed by atoms with Crippen molar-refractivity contribution in [3.05, 3.63) is 47.7 Å². The van der Waals surface area contributed by atoms with Crippen molar-refractivity contribution in [1.82, 2.24) is 19.9 Å². The number of carbonyl (C=O) groups is 1. The molecule has 0 saturated carbocycles. The van der Waals surface area contributed by atoms with E-state index in [1.54, 1.807) is 6.07 Å². The highest BCUT2D eigenvalue weighted by Gasteiger charge is 2.17. The normalized spacial score (nSPS) is 15.0. The van der Waals surface area contributed by atoms with Crippen LogP contribution in [0.25, 0.3) is 11.0 Å². The molecule has 3 aromatic rings. The van der Waals surface area contributed by atoms with Gasteiger partial charge in [-0.05, 0) is 58.1 Å². The fourth-order valence-electron chi connectivity index (χ4n) is 3.56. The first-order valence-electron chi connectivity index (χ1n) is 10.6. The predicted octanol–water partition coefficient (Wildman–Crippen LogP) is 2.80. The van der Waals surface area contributed by atoms with Crippen molar-refractivity contribution < 1.29 is 9.53 Å². The molecular formula is C23H28N6O2. The lowest BCUT2D eigenvalue weighted by Crippen LogP contribution is -2.30. The Kier molecular flexibility index (Phi) is 6.27. The van der Waals surface area contributed by atoms with Gasteiger partial charge in [0.25, 0.3) is 5.91 Å². The molecule has 0 spiro atoms. The Labute approximate surface area is 182 Å². The highest BCUT2D eigenvalue weighted by Crippen LogP contribution is 2.20. The second-order valence-corrected chi connectivity index (χ2v) is 7.97. The van der Waals surface area contributed by atoms with Gasteiger partial charge >= 0.3 is 0 Å². The zero-order chi connectivity index (χ0) is 21.8. The average molecular weight is 421 g/mol. The molecule has 1 aliphatic heterocycles. The molecule has 3 heterocycles. The molecule has 0 bridgehead atoms. The molecule has 31 heavy (non-hydrogen) atoms. The lowest BCUT2D eigenvalue weighted by Gasteiger charge is -2.21. The fourth-order valence-corrected chi connectivity index (χ4v) is 3.56. The largest absolute Gasteiger partial charge is 0.484 e. The summed E-state index contributed by atoms with van der Waals surface area (Å²) in [5.74, 6) is 1.59. The number of pyridine rings is 1. The van der Waals surface area contributed by atoms with Crippen LogP contribution in [0, 0.1) is 13.8 Å². The second-order valence-electron chi connectivity index (χ2n) is 7.97. The maximum Gasteiger partial charge on any atom is 0.263 e. The van der Waals surface area contributed by atoms with Crippen molar-refractivity contribution in [3.8, 4) is 5.75 Å². The van der Waals surface area contributed by atoms with E-state index in [9.17, 15) is 4.79 Å². The molecule has 0 radical (unpaired) electrons. The molecule has 0 unspecified atom stereocenters. The zero-order valence-corrected chi connectivity index (χ0v) is 18.3. The van der Waals surface area contributed by atoms with Gasteiger partial charge in [0.05, 0.1) is 11.2 Å². The van der Waals surface area contributed by atoms with Crippen molar-refractivity contribution in [2.24, 2.45) is 0 Å². The van der Waals surface area contributed by atoms with Gasteiger partial charge in [-0.3, -0.25) is 4.79 Å². The number of carbonyl (C=O) groups excluding carboxylic acids is 1. The number of aromatic nitrogens is 3. The van der Waals surface area contributed by atoms with Crippen LogP contribution in [0.4, 0.5) is 11.8 Å². The number of nitrogens with one attached hydrogen (secondary N) is 1. The lowest BCUT2D eigenvalue weighted by atomic mass is 10.2. The minimum atomic E-state index is -0.267. The quantitative estimate of drug-likeness (QED) is 0.679. The van der Waals surface area contributed by atoms with Gasteiger partial charge in [0.1, 0.15) is 17.1 Å². The van der Waals surface area contributed by atoms with Crippen molar-refractivity contribution >= 4 is 28.7 Å². The van der Waals surface area contributed by atoms with Gasteiger partial charge in [-0.1, -0.05) is 17.7 Å². The number of rotatable bonds is 5. The van der Waals surface area contributed by atoms with Crippen LogP contribution >= 0.6 is 0 Å². The average Bonchev–Trinajstić information content (AvgIpc) is 2.98. The summed E-state index contributed by atoms with van der Waals surface area (Å²) < 4.78 is 5.53. The van der Waals surface area contributed by atoms with E-state index in [2.05, 4.69) is 27.1 Å². The molecule has 8 nitrogen and oxygen atoms in total. The topological polar surface area (TPSA) is 83.5 Å². The van der Waals surface area contributed by atoms with Crippen LogP contribution in [0.1, 0.15) is 17.7 Å². The Morgan fingerprint density at radius 3 is 2.61 bits per heavy atom. The Morgan fingerprint density at radius 1 is 1.00 bits per heavy atom. The van der Waals surface area contributed by atoms with E-state index in [0.29, 0.717) is 17.1 Å². The first-order chi connectivity index (χ1) is 15.0. The maximum atomic E-state index is 12.3. The zero-order valence-electron chi connectivity index (χ0n) is 18.3. The third-order valence-electron chi connectivity index (χ3n) is 5.37. The van der Waals surface area contributed by atoms with Crippen LogP contribution in [0.5, 0.6) is 5.75 Å². The van der Waals surface area contributed by atoms with Gasteiger partial charge in [0.2, 0.25) is 5.95 Å². The minimum Gasteiger partial charge on any atom is -0.484 e. The van der Waals surface area contributed by atoms with Crippen LogP contribution in [0.15, 0.2) is 36.4 Å². The summed E-state index contributed by atoms with van der Waals surface area (Å²) in [5.41, 5.74) is 3.40. The molecule has 1 fully saturated rings. The summed E-state index contributed by atoms with van der Waals surface area (Å²) in [6.07, 6.45) is 1.09. The number of anilines is 2. The molecule has 8 heteroatoms. The van der Waals surface area contributed by atoms with Crippen LogP contribution in [0.3, 0.4) is 0 Å². The van der Waals surface area contributed by atoms with E-state index in [1.807, 2.05) is 44.2 Å². The van der Waals surface area contributed by atoms with E-state index in [4.69, 9.17) is 14.7 Å². The summed E-state index contributed by atoms with van der Waals surface area (Å²) in [7, 11) is 2.14. The summed E-state index contributed by atoms with van der Waals surface area (Å²) in [5, 5.41) is 2.79. The smallest absolute Gasteiger partial charge is 0.263 e. The highest BCUT2D eigenvalue weighted by atomic mass is 16.5. The van der Waals surface area contributed by atoms with E-state index < -0.39 is 0 Å². The number of likely N-dealkylation sites (N-methyl/N-ethyl adjacent to an activating group) is 1. The standard InChI is InChI=1S/C23H28N6O2/c1-16-5-7-18(8-6-16)31-15-21(30)26-20-10-9-19-22(27-20)17(2)24-23(25-19)29-12-4-11-28(3)13-14-29/h5-10H,4,11-15H2,1-3H3,(H,26,27,30). The first kappa shape index (κ1) is 21.0. The van der Waals surface area contributed by atoms with Gasteiger partial charge in [-0.25, -0.2) is 15.0 Å². The van der Waals surface area contributed by atoms with Crippen molar-refractivity contribution in [1.29, 1.82) is 0 Å². The Balaban J connectivity index is 1.44. The minimum absolute atomic E-state index is 0.0827. The van der Waals surface area contributed by atoms with Crippen molar-refractivity contribution in [2.45, 2.75) is 20.3 Å². The summed E-state index contributed by atoms with van der Waals surface area (Å²) >= 11 is 0.